The molecule has 2 aromatic rings. The summed E-state index contributed by atoms with van der Waals surface area (Å²) in [7, 11) is 0. The fourth-order valence-electron chi connectivity index (χ4n) is 4.23. The third kappa shape index (κ3) is 3.35. The number of nitrogens with zero attached hydrogens (tertiary/aromatic N) is 2. The Morgan fingerprint density at radius 1 is 1.03 bits per heavy atom. The molecule has 3 heterocycles. The average molecular weight is 425 g/mol. The first kappa shape index (κ1) is 19.3. The van der Waals surface area contributed by atoms with Crippen molar-refractivity contribution in [1.29, 1.82) is 0 Å². The molecule has 9 heteroatoms. The van der Waals surface area contributed by atoms with Gasteiger partial charge in [0.15, 0.2) is 11.5 Å². The zero-order valence-corrected chi connectivity index (χ0v) is 16.6. The van der Waals surface area contributed by atoms with Crippen LogP contribution in [0.1, 0.15) is 28.8 Å². The Kier molecular flexibility index (Phi) is 4.53. The summed E-state index contributed by atoms with van der Waals surface area (Å²) in [5.74, 6) is 0.297. The van der Waals surface area contributed by atoms with Gasteiger partial charge in [0.1, 0.15) is 11.4 Å². The van der Waals surface area contributed by atoms with Gasteiger partial charge < -0.3 is 19.7 Å². The molecule has 31 heavy (non-hydrogen) atoms. The Morgan fingerprint density at radius 3 is 2.48 bits per heavy atom. The second-order valence-electron chi connectivity index (χ2n) is 7.89. The summed E-state index contributed by atoms with van der Waals surface area (Å²) >= 11 is 0. The van der Waals surface area contributed by atoms with Gasteiger partial charge >= 0.3 is 6.03 Å². The van der Waals surface area contributed by atoms with Gasteiger partial charge in [-0.3, -0.25) is 14.5 Å². The molecule has 2 fully saturated rings. The molecule has 0 aromatic heterocycles. The van der Waals surface area contributed by atoms with Crippen LogP contribution >= 0.6 is 0 Å². The van der Waals surface area contributed by atoms with Gasteiger partial charge in [0.25, 0.3) is 11.8 Å². The van der Waals surface area contributed by atoms with E-state index >= 15 is 0 Å². The topological polar surface area (TPSA) is 88.2 Å². The Morgan fingerprint density at radius 2 is 1.74 bits per heavy atom. The van der Waals surface area contributed by atoms with Crippen LogP contribution in [0.15, 0.2) is 42.5 Å². The molecule has 0 atom stereocenters. The number of nitrogens with one attached hydrogen (secondary N) is 1. The molecule has 0 bridgehead atoms. The van der Waals surface area contributed by atoms with E-state index in [9.17, 15) is 18.8 Å². The van der Waals surface area contributed by atoms with Crippen LogP contribution in [0.25, 0.3) is 0 Å². The molecule has 0 radical (unpaired) electrons. The number of likely N-dealkylation sites (tertiary alicyclic amines) is 1. The van der Waals surface area contributed by atoms with Crippen molar-refractivity contribution in [2.75, 3.05) is 19.9 Å². The summed E-state index contributed by atoms with van der Waals surface area (Å²) in [5, 5.41) is 2.82. The molecule has 0 aliphatic carbocycles. The van der Waals surface area contributed by atoms with Gasteiger partial charge in [-0.05, 0) is 48.7 Å². The first-order valence-corrected chi connectivity index (χ1v) is 10.0. The number of fused-ring (bicyclic) bond motifs is 1. The highest BCUT2D eigenvalue weighted by Crippen LogP contribution is 2.34. The second-order valence-corrected chi connectivity index (χ2v) is 7.89. The number of ether oxygens (including phenoxy) is 2. The number of piperidine rings is 1. The molecule has 4 amide bonds. The van der Waals surface area contributed by atoms with Crippen LogP contribution in [-0.4, -0.2) is 53.1 Å². The quantitative estimate of drug-likeness (QED) is 0.763. The van der Waals surface area contributed by atoms with Crippen molar-refractivity contribution in [3.63, 3.8) is 0 Å². The standard InChI is InChI=1S/C22H20FN3O5/c23-16-4-1-14(2-5-16)12-26-20(28)22(24-21(26)29)7-9-25(10-8-22)19(27)15-3-6-17-18(11-15)31-13-30-17/h1-6,11H,7-10,12-13H2,(H,24,29). The van der Waals surface area contributed by atoms with E-state index in [0.717, 1.165) is 4.90 Å². The highest BCUT2D eigenvalue weighted by Gasteiger charge is 2.52. The van der Waals surface area contributed by atoms with Crippen LogP contribution < -0.4 is 14.8 Å². The molecule has 3 aliphatic rings. The minimum atomic E-state index is -1.01. The lowest BCUT2D eigenvalue weighted by Gasteiger charge is -2.37. The van der Waals surface area contributed by atoms with Crippen molar-refractivity contribution in [2.45, 2.75) is 24.9 Å². The number of carbonyl (C=O) groups is 3. The summed E-state index contributed by atoms with van der Waals surface area (Å²) in [6.07, 6.45) is 0.654. The van der Waals surface area contributed by atoms with Crippen LogP contribution in [0.4, 0.5) is 9.18 Å². The van der Waals surface area contributed by atoms with Crippen molar-refractivity contribution in [2.24, 2.45) is 0 Å². The highest BCUT2D eigenvalue weighted by molar-refractivity contribution is 6.07. The zero-order chi connectivity index (χ0) is 21.6. The molecule has 8 nitrogen and oxygen atoms in total. The third-order valence-electron chi connectivity index (χ3n) is 6.02. The molecule has 1 N–H and O–H groups in total. The van der Waals surface area contributed by atoms with E-state index in [1.165, 1.54) is 12.1 Å². The molecule has 5 rings (SSSR count). The Labute approximate surface area is 177 Å². The smallest absolute Gasteiger partial charge is 0.325 e. The predicted octanol–water partition coefficient (Wildman–Crippen LogP) is 2.28. The van der Waals surface area contributed by atoms with Gasteiger partial charge in [-0.15, -0.1) is 0 Å². The predicted molar refractivity (Wildman–Crippen MR) is 106 cm³/mol. The van der Waals surface area contributed by atoms with Gasteiger partial charge in [0.05, 0.1) is 6.54 Å². The number of urea groups is 1. The normalized spacial score (nSPS) is 19.1. The average Bonchev–Trinajstić information content (AvgIpc) is 3.33. The number of amides is 4. The van der Waals surface area contributed by atoms with E-state index in [-0.39, 0.29) is 31.0 Å². The fraction of sp³-hybridized carbons (Fsp3) is 0.318. The van der Waals surface area contributed by atoms with E-state index in [1.807, 2.05) is 0 Å². The summed E-state index contributed by atoms with van der Waals surface area (Å²) < 4.78 is 23.7. The molecular formula is C22H20FN3O5. The van der Waals surface area contributed by atoms with Crippen molar-refractivity contribution >= 4 is 17.8 Å². The highest BCUT2D eigenvalue weighted by atomic mass is 19.1. The maximum absolute atomic E-state index is 13.1. The molecule has 0 unspecified atom stereocenters. The maximum Gasteiger partial charge on any atom is 0.325 e. The summed E-state index contributed by atoms with van der Waals surface area (Å²) in [6.45, 7) is 0.884. The fourth-order valence-corrected chi connectivity index (χ4v) is 4.23. The van der Waals surface area contributed by atoms with Gasteiger partial charge in [-0.1, -0.05) is 12.1 Å². The van der Waals surface area contributed by atoms with Crippen LogP contribution in [-0.2, 0) is 11.3 Å². The molecule has 2 saturated heterocycles. The molecule has 0 saturated carbocycles. The lowest BCUT2D eigenvalue weighted by Crippen LogP contribution is -2.55. The monoisotopic (exact) mass is 425 g/mol. The van der Waals surface area contributed by atoms with Crippen molar-refractivity contribution in [1.82, 2.24) is 15.1 Å². The molecular weight excluding hydrogens is 405 g/mol. The van der Waals surface area contributed by atoms with Gasteiger partial charge in [-0.2, -0.15) is 0 Å². The molecule has 1 spiro atoms. The Balaban J connectivity index is 1.26. The number of rotatable bonds is 3. The van der Waals surface area contributed by atoms with Gasteiger partial charge in [-0.25, -0.2) is 9.18 Å². The lowest BCUT2D eigenvalue weighted by atomic mass is 9.87. The summed E-state index contributed by atoms with van der Waals surface area (Å²) in [6, 6.07) is 10.3. The van der Waals surface area contributed by atoms with Crippen molar-refractivity contribution in [3.05, 3.63) is 59.4 Å². The number of carbonyl (C=O) groups excluding carboxylic acids is 3. The maximum atomic E-state index is 13.1. The number of hydrogen-bond acceptors (Lipinski definition) is 5. The minimum Gasteiger partial charge on any atom is -0.454 e. The third-order valence-corrected chi connectivity index (χ3v) is 6.02. The van der Waals surface area contributed by atoms with E-state index in [2.05, 4.69) is 5.32 Å². The van der Waals surface area contributed by atoms with Crippen LogP contribution in [0, 0.1) is 5.82 Å². The number of benzene rings is 2. The molecule has 2 aromatic carbocycles. The largest absolute Gasteiger partial charge is 0.454 e. The second kappa shape index (κ2) is 7.26. The minimum absolute atomic E-state index is 0.0759. The number of imide groups is 1. The van der Waals surface area contributed by atoms with Gasteiger partial charge in [0.2, 0.25) is 6.79 Å². The first-order valence-electron chi connectivity index (χ1n) is 10.0. The van der Waals surface area contributed by atoms with Crippen molar-refractivity contribution in [3.8, 4) is 11.5 Å². The van der Waals surface area contributed by atoms with E-state index < -0.39 is 11.6 Å². The zero-order valence-electron chi connectivity index (χ0n) is 16.6. The van der Waals surface area contributed by atoms with E-state index in [4.69, 9.17) is 9.47 Å². The molecule has 160 valence electrons. The van der Waals surface area contributed by atoms with Crippen molar-refractivity contribution < 1.29 is 28.2 Å². The molecule has 3 aliphatic heterocycles. The van der Waals surface area contributed by atoms with Gasteiger partial charge in [0, 0.05) is 18.7 Å². The summed E-state index contributed by atoms with van der Waals surface area (Å²) in [5.41, 5.74) is 0.139. The first-order chi connectivity index (χ1) is 14.9. The Bertz CT molecular complexity index is 1060. The van der Waals surface area contributed by atoms with Crippen LogP contribution in [0.2, 0.25) is 0 Å². The lowest BCUT2D eigenvalue weighted by molar-refractivity contribution is -0.133. The van der Waals surface area contributed by atoms with E-state index in [0.29, 0.717) is 48.6 Å². The van der Waals surface area contributed by atoms with Crippen LogP contribution in [0.3, 0.4) is 0 Å². The SMILES string of the molecule is O=C(c1ccc2c(c1)OCO2)N1CCC2(CC1)NC(=O)N(Cc1ccc(F)cc1)C2=O. The Hall–Kier alpha value is -3.62. The van der Waals surface area contributed by atoms with E-state index in [1.54, 1.807) is 35.2 Å². The number of halogens is 1. The summed E-state index contributed by atoms with van der Waals surface area (Å²) in [4.78, 5) is 41.3. The van der Waals surface area contributed by atoms with Crippen LogP contribution in [0.5, 0.6) is 11.5 Å². The number of hydrogen-bond donors (Lipinski definition) is 1.